The third-order valence-corrected chi connectivity index (χ3v) is 9.87. The van der Waals surface area contributed by atoms with Gasteiger partial charge in [0.15, 0.2) is 0 Å². The van der Waals surface area contributed by atoms with E-state index in [1.807, 2.05) is 36.5 Å². The largest absolute Gasteiger partial charge is 0.490 e. The fourth-order valence-electron chi connectivity index (χ4n) is 7.29. The molecule has 2 saturated heterocycles. The van der Waals surface area contributed by atoms with Crippen LogP contribution in [-0.4, -0.2) is 70.8 Å². The molecule has 7 rings (SSSR count). The number of rotatable bonds is 7. The SMILES string of the molecule is COC(=O)c1ccc(OC2CC3(CCN(Cc4ccnc(-c5ccc6c(c5)CN(C5CCC(=O)NC5=O)C6=O)c4)CC3)C2)cc1. The van der Waals surface area contributed by atoms with Gasteiger partial charge in [-0.1, -0.05) is 6.07 Å². The maximum Gasteiger partial charge on any atom is 0.337 e. The zero-order valence-corrected chi connectivity index (χ0v) is 25.3. The number of imide groups is 1. The van der Waals surface area contributed by atoms with Crippen molar-refractivity contribution in [2.45, 2.75) is 63.8 Å². The van der Waals surface area contributed by atoms with Crippen LogP contribution in [0.2, 0.25) is 0 Å². The second kappa shape index (κ2) is 11.7. The molecular formula is C35H36N4O6. The minimum Gasteiger partial charge on any atom is -0.490 e. The van der Waals surface area contributed by atoms with Gasteiger partial charge < -0.3 is 14.4 Å². The number of nitrogens with zero attached hydrogens (tertiary/aromatic N) is 3. The molecule has 3 fully saturated rings. The fourth-order valence-corrected chi connectivity index (χ4v) is 7.29. The first-order chi connectivity index (χ1) is 21.8. The maximum atomic E-state index is 13.1. The third kappa shape index (κ3) is 5.82. The number of aromatic nitrogens is 1. The van der Waals surface area contributed by atoms with Gasteiger partial charge in [-0.05, 0) is 110 Å². The first-order valence-corrected chi connectivity index (χ1v) is 15.6. The van der Waals surface area contributed by atoms with Gasteiger partial charge in [-0.2, -0.15) is 0 Å². The molecule has 2 aromatic carbocycles. The summed E-state index contributed by atoms with van der Waals surface area (Å²) in [6.45, 7) is 3.27. The molecule has 1 spiro atoms. The molecule has 1 saturated carbocycles. The lowest BCUT2D eigenvalue weighted by Crippen LogP contribution is -2.52. The van der Waals surface area contributed by atoms with Crippen molar-refractivity contribution in [3.05, 3.63) is 83.0 Å². The number of nitrogens with one attached hydrogen (secondary N) is 1. The van der Waals surface area contributed by atoms with Crippen LogP contribution >= 0.6 is 0 Å². The number of fused-ring (bicyclic) bond motifs is 1. The molecule has 1 N–H and O–H groups in total. The summed E-state index contributed by atoms with van der Waals surface area (Å²) in [5.74, 6) is -0.425. The van der Waals surface area contributed by atoms with Gasteiger partial charge in [0.25, 0.3) is 5.91 Å². The van der Waals surface area contributed by atoms with Crippen molar-refractivity contribution in [2.24, 2.45) is 5.41 Å². The van der Waals surface area contributed by atoms with Crippen molar-refractivity contribution >= 4 is 23.7 Å². The predicted molar refractivity (Wildman–Crippen MR) is 164 cm³/mol. The number of hydrogen-bond donors (Lipinski definition) is 1. The lowest BCUT2D eigenvalue weighted by atomic mass is 9.61. The van der Waals surface area contributed by atoms with Gasteiger partial charge in [0.1, 0.15) is 11.8 Å². The number of benzene rings is 2. The molecule has 4 heterocycles. The molecule has 3 aromatic rings. The molecule has 10 nitrogen and oxygen atoms in total. The molecular weight excluding hydrogens is 572 g/mol. The van der Waals surface area contributed by atoms with E-state index in [-0.39, 0.29) is 30.3 Å². The molecule has 232 valence electrons. The number of pyridine rings is 1. The second-order valence-electron chi connectivity index (χ2n) is 12.8. The monoisotopic (exact) mass is 608 g/mol. The van der Waals surface area contributed by atoms with Gasteiger partial charge in [0, 0.05) is 36.8 Å². The lowest BCUT2D eigenvalue weighted by molar-refractivity contribution is -0.136. The number of likely N-dealkylation sites (tertiary alicyclic amines) is 1. The van der Waals surface area contributed by atoms with E-state index in [1.54, 1.807) is 17.0 Å². The molecule has 3 aliphatic heterocycles. The van der Waals surface area contributed by atoms with Crippen LogP contribution in [0.1, 0.15) is 70.4 Å². The summed E-state index contributed by atoms with van der Waals surface area (Å²) in [6, 6.07) is 16.5. The van der Waals surface area contributed by atoms with Gasteiger partial charge >= 0.3 is 5.97 Å². The summed E-state index contributed by atoms with van der Waals surface area (Å²) < 4.78 is 10.9. The Bertz CT molecular complexity index is 1650. The minimum atomic E-state index is -0.624. The van der Waals surface area contributed by atoms with Gasteiger partial charge in [0.2, 0.25) is 11.8 Å². The van der Waals surface area contributed by atoms with Crippen molar-refractivity contribution < 1.29 is 28.7 Å². The van der Waals surface area contributed by atoms with Crippen LogP contribution < -0.4 is 10.1 Å². The van der Waals surface area contributed by atoms with E-state index in [1.165, 1.54) is 12.7 Å². The summed E-state index contributed by atoms with van der Waals surface area (Å²) in [6.07, 6.45) is 7.05. The van der Waals surface area contributed by atoms with Crippen LogP contribution in [0, 0.1) is 5.41 Å². The molecule has 1 unspecified atom stereocenters. The van der Waals surface area contributed by atoms with Gasteiger partial charge in [-0.15, -0.1) is 0 Å². The van der Waals surface area contributed by atoms with Crippen LogP contribution in [-0.2, 0) is 27.4 Å². The lowest BCUT2D eigenvalue weighted by Gasteiger charge is -2.51. The summed E-state index contributed by atoms with van der Waals surface area (Å²) in [7, 11) is 1.38. The topological polar surface area (TPSA) is 118 Å². The summed E-state index contributed by atoms with van der Waals surface area (Å²) in [5.41, 5.74) is 5.33. The number of methoxy groups -OCH3 is 1. The molecule has 1 aromatic heterocycles. The van der Waals surface area contributed by atoms with Crippen molar-refractivity contribution in [1.29, 1.82) is 0 Å². The van der Waals surface area contributed by atoms with E-state index < -0.39 is 11.9 Å². The zero-order chi connectivity index (χ0) is 31.1. The Hall–Kier alpha value is -4.57. The fraction of sp³-hybridized carbons (Fsp3) is 0.400. The number of amides is 3. The number of hydrogen-bond acceptors (Lipinski definition) is 8. The Labute approximate surface area is 261 Å². The van der Waals surface area contributed by atoms with E-state index in [9.17, 15) is 19.2 Å². The molecule has 1 aliphatic carbocycles. The second-order valence-corrected chi connectivity index (χ2v) is 12.8. The average Bonchev–Trinajstić information content (AvgIpc) is 3.36. The van der Waals surface area contributed by atoms with E-state index >= 15 is 0 Å². The van der Waals surface area contributed by atoms with Gasteiger partial charge in [-0.3, -0.25) is 29.6 Å². The number of esters is 1. The Balaban J connectivity index is 0.927. The van der Waals surface area contributed by atoms with E-state index in [0.29, 0.717) is 29.5 Å². The Morgan fingerprint density at radius 2 is 1.80 bits per heavy atom. The predicted octanol–water partition coefficient (Wildman–Crippen LogP) is 4.12. The highest BCUT2D eigenvalue weighted by atomic mass is 16.5. The molecule has 0 bridgehead atoms. The van der Waals surface area contributed by atoms with Crippen LogP contribution in [0.25, 0.3) is 11.3 Å². The van der Waals surface area contributed by atoms with Crippen LogP contribution in [0.4, 0.5) is 0 Å². The van der Waals surface area contributed by atoms with E-state index in [0.717, 1.165) is 67.9 Å². The van der Waals surface area contributed by atoms with Gasteiger partial charge in [-0.25, -0.2) is 4.79 Å². The number of ether oxygens (including phenoxy) is 2. The van der Waals surface area contributed by atoms with Crippen molar-refractivity contribution in [3.8, 4) is 17.0 Å². The zero-order valence-electron chi connectivity index (χ0n) is 25.3. The third-order valence-electron chi connectivity index (χ3n) is 9.87. The Morgan fingerprint density at radius 1 is 1.02 bits per heavy atom. The summed E-state index contributed by atoms with van der Waals surface area (Å²) in [5, 5.41) is 2.35. The molecule has 10 heteroatoms. The van der Waals surface area contributed by atoms with Crippen LogP contribution in [0.3, 0.4) is 0 Å². The number of carbonyl (C=O) groups is 4. The number of carbonyl (C=O) groups excluding carboxylic acids is 4. The molecule has 4 aliphatic rings. The van der Waals surface area contributed by atoms with Crippen LogP contribution in [0.5, 0.6) is 5.75 Å². The Kier molecular flexibility index (Phi) is 7.61. The molecule has 3 amide bonds. The minimum absolute atomic E-state index is 0.172. The quantitative estimate of drug-likeness (QED) is 0.315. The standard InChI is InChI=1S/C35H36N4O6/c1-44-34(43)23-2-5-26(6-3-23)45-27-18-35(19-27)11-14-38(15-12-35)20-22-10-13-36-29(16-22)24-4-7-28-25(17-24)21-39(33(28)42)30-8-9-31(40)37-32(30)41/h2-7,10,13,16-17,27,30H,8-9,11-12,14-15,18-21H2,1H3,(H,37,40,41). The number of piperidine rings is 2. The van der Waals surface area contributed by atoms with Crippen LogP contribution in [0.15, 0.2) is 60.8 Å². The summed E-state index contributed by atoms with van der Waals surface area (Å²) >= 11 is 0. The molecule has 0 radical (unpaired) electrons. The highest BCUT2D eigenvalue weighted by molar-refractivity contribution is 6.05. The van der Waals surface area contributed by atoms with Gasteiger partial charge in [0.05, 0.1) is 24.5 Å². The highest BCUT2D eigenvalue weighted by Crippen LogP contribution is 2.50. The molecule has 1 atom stereocenters. The van der Waals surface area contributed by atoms with E-state index in [2.05, 4.69) is 27.3 Å². The van der Waals surface area contributed by atoms with Crippen molar-refractivity contribution in [2.75, 3.05) is 20.2 Å². The van der Waals surface area contributed by atoms with Crippen molar-refractivity contribution in [3.63, 3.8) is 0 Å². The highest BCUT2D eigenvalue weighted by Gasteiger charge is 2.47. The Morgan fingerprint density at radius 3 is 2.53 bits per heavy atom. The first-order valence-electron chi connectivity index (χ1n) is 15.6. The first kappa shape index (κ1) is 29.2. The smallest absolute Gasteiger partial charge is 0.337 e. The molecule has 45 heavy (non-hydrogen) atoms. The average molecular weight is 609 g/mol. The maximum absolute atomic E-state index is 13.1. The normalized spacial score (nSPS) is 21.3. The van der Waals surface area contributed by atoms with Crippen molar-refractivity contribution in [1.82, 2.24) is 20.1 Å². The summed E-state index contributed by atoms with van der Waals surface area (Å²) in [4.78, 5) is 57.4. The van der Waals surface area contributed by atoms with E-state index in [4.69, 9.17) is 9.47 Å².